The Balaban J connectivity index is 1.56. The summed E-state index contributed by atoms with van der Waals surface area (Å²) in [7, 11) is 0. The molecule has 1 N–H and O–H groups in total. The molecule has 0 saturated carbocycles. The number of pyridine rings is 1. The molecule has 2 aliphatic rings. The van der Waals surface area contributed by atoms with E-state index in [4.69, 9.17) is 0 Å². The fourth-order valence-electron chi connectivity index (χ4n) is 3.27. The molecule has 1 atom stereocenters. The minimum Gasteiger partial charge on any atom is -0.337 e. The molecule has 0 spiro atoms. The van der Waals surface area contributed by atoms with Crippen LogP contribution in [0.5, 0.6) is 0 Å². The Labute approximate surface area is 114 Å². The van der Waals surface area contributed by atoms with E-state index >= 15 is 0 Å². The van der Waals surface area contributed by atoms with Crippen LogP contribution in [0, 0.1) is 5.92 Å². The van der Waals surface area contributed by atoms with E-state index in [1.54, 1.807) is 12.3 Å². The molecule has 4 nitrogen and oxygen atoms in total. The number of carbonyl (C=O) groups excluding carboxylic acids is 1. The number of hydrogen-bond donors (Lipinski definition) is 1. The van der Waals surface area contributed by atoms with Crippen molar-refractivity contribution >= 4 is 5.91 Å². The first-order valence-electron chi connectivity index (χ1n) is 7.28. The first-order chi connectivity index (χ1) is 9.34. The van der Waals surface area contributed by atoms with E-state index in [0.29, 0.717) is 11.7 Å². The maximum absolute atomic E-state index is 12.3. The second-order valence-electron chi connectivity index (χ2n) is 5.55. The number of aromatic nitrogens is 1. The van der Waals surface area contributed by atoms with Gasteiger partial charge in [-0.3, -0.25) is 9.78 Å². The molecule has 19 heavy (non-hydrogen) atoms. The average Bonchev–Trinajstić information content (AvgIpc) is 3.02. The van der Waals surface area contributed by atoms with Crippen molar-refractivity contribution in [2.45, 2.75) is 31.7 Å². The lowest BCUT2D eigenvalue weighted by Crippen LogP contribution is -2.43. The van der Waals surface area contributed by atoms with Gasteiger partial charge in [-0.1, -0.05) is 6.07 Å². The molecule has 1 aromatic heterocycles. The summed E-state index contributed by atoms with van der Waals surface area (Å²) in [6.07, 6.45) is 6.53. The van der Waals surface area contributed by atoms with Crippen LogP contribution in [0.25, 0.3) is 0 Å². The van der Waals surface area contributed by atoms with E-state index in [-0.39, 0.29) is 5.91 Å². The molecule has 0 aromatic carbocycles. The van der Waals surface area contributed by atoms with Crippen LogP contribution in [0.3, 0.4) is 0 Å². The minimum absolute atomic E-state index is 0.0819. The molecule has 1 unspecified atom stereocenters. The molecule has 0 aliphatic carbocycles. The molecular weight excluding hydrogens is 238 g/mol. The van der Waals surface area contributed by atoms with E-state index in [1.165, 1.54) is 12.8 Å². The van der Waals surface area contributed by atoms with Crippen LogP contribution in [0.1, 0.15) is 36.2 Å². The van der Waals surface area contributed by atoms with Crippen LogP contribution in [0.4, 0.5) is 0 Å². The topological polar surface area (TPSA) is 45.2 Å². The Morgan fingerprint density at radius 2 is 2.11 bits per heavy atom. The third-order valence-corrected chi connectivity index (χ3v) is 4.38. The van der Waals surface area contributed by atoms with Gasteiger partial charge in [-0.05, 0) is 50.3 Å². The predicted molar refractivity (Wildman–Crippen MR) is 73.9 cm³/mol. The molecule has 3 heterocycles. The summed E-state index contributed by atoms with van der Waals surface area (Å²) in [4.78, 5) is 18.4. The summed E-state index contributed by atoms with van der Waals surface area (Å²) in [5.74, 6) is 0.828. The summed E-state index contributed by atoms with van der Waals surface area (Å²) in [5.41, 5.74) is 0.569. The van der Waals surface area contributed by atoms with E-state index in [1.807, 2.05) is 17.0 Å². The quantitative estimate of drug-likeness (QED) is 0.879. The normalized spacial score (nSPS) is 24.6. The Hall–Kier alpha value is -1.42. The molecule has 3 rings (SSSR count). The average molecular weight is 259 g/mol. The van der Waals surface area contributed by atoms with Crippen molar-refractivity contribution in [2.24, 2.45) is 5.92 Å². The lowest BCUT2D eigenvalue weighted by atomic mass is 9.88. The molecule has 0 radical (unpaired) electrons. The van der Waals surface area contributed by atoms with Crippen molar-refractivity contribution in [1.29, 1.82) is 0 Å². The van der Waals surface area contributed by atoms with Crippen molar-refractivity contribution in [1.82, 2.24) is 15.2 Å². The molecule has 4 heteroatoms. The van der Waals surface area contributed by atoms with E-state index in [9.17, 15) is 4.79 Å². The summed E-state index contributed by atoms with van der Waals surface area (Å²) in [6.45, 7) is 2.91. The molecule has 1 aromatic rings. The summed E-state index contributed by atoms with van der Waals surface area (Å²) < 4.78 is 0. The molecule has 102 valence electrons. The van der Waals surface area contributed by atoms with Gasteiger partial charge in [0.1, 0.15) is 5.69 Å². The predicted octanol–water partition coefficient (Wildman–Crippen LogP) is 1.69. The first kappa shape index (κ1) is 12.6. The zero-order valence-corrected chi connectivity index (χ0v) is 11.2. The second kappa shape index (κ2) is 5.70. The zero-order chi connectivity index (χ0) is 13.1. The smallest absolute Gasteiger partial charge is 0.272 e. The fourth-order valence-corrected chi connectivity index (χ4v) is 3.27. The zero-order valence-electron chi connectivity index (χ0n) is 11.2. The lowest BCUT2D eigenvalue weighted by Gasteiger charge is -2.34. The highest BCUT2D eigenvalue weighted by molar-refractivity contribution is 5.92. The molecule has 2 fully saturated rings. The number of hydrogen-bond acceptors (Lipinski definition) is 3. The van der Waals surface area contributed by atoms with Gasteiger partial charge in [-0.2, -0.15) is 0 Å². The van der Waals surface area contributed by atoms with Gasteiger partial charge >= 0.3 is 0 Å². The number of amides is 1. The standard InChI is InChI=1S/C15H21N3O/c19-15(14-4-1-2-8-17-14)18-10-6-12(7-11-18)13-5-3-9-16-13/h1-2,4,8,12-13,16H,3,5-7,9-11H2. The van der Waals surface area contributed by atoms with E-state index in [2.05, 4.69) is 10.3 Å². The Bertz CT molecular complexity index is 420. The highest BCUT2D eigenvalue weighted by atomic mass is 16.2. The third kappa shape index (κ3) is 2.78. The van der Waals surface area contributed by atoms with Gasteiger partial charge in [0, 0.05) is 25.3 Å². The van der Waals surface area contributed by atoms with Crippen LogP contribution in [0.15, 0.2) is 24.4 Å². The fraction of sp³-hybridized carbons (Fsp3) is 0.600. The van der Waals surface area contributed by atoms with Crippen LogP contribution < -0.4 is 5.32 Å². The minimum atomic E-state index is 0.0819. The van der Waals surface area contributed by atoms with Crippen LogP contribution in [-0.4, -0.2) is 41.5 Å². The van der Waals surface area contributed by atoms with Gasteiger partial charge in [0.05, 0.1) is 0 Å². The molecular formula is C15H21N3O. The van der Waals surface area contributed by atoms with Gasteiger partial charge < -0.3 is 10.2 Å². The van der Waals surface area contributed by atoms with Gasteiger partial charge in [0.2, 0.25) is 0 Å². The maximum Gasteiger partial charge on any atom is 0.272 e. The van der Waals surface area contributed by atoms with Crippen LogP contribution >= 0.6 is 0 Å². The largest absolute Gasteiger partial charge is 0.337 e. The van der Waals surface area contributed by atoms with Gasteiger partial charge in [0.15, 0.2) is 0 Å². The number of nitrogens with zero attached hydrogens (tertiary/aromatic N) is 2. The first-order valence-corrected chi connectivity index (χ1v) is 7.28. The Kier molecular flexibility index (Phi) is 3.78. The molecule has 1 amide bonds. The van der Waals surface area contributed by atoms with Crippen molar-refractivity contribution in [3.05, 3.63) is 30.1 Å². The monoisotopic (exact) mass is 259 g/mol. The van der Waals surface area contributed by atoms with Gasteiger partial charge in [0.25, 0.3) is 5.91 Å². The van der Waals surface area contributed by atoms with E-state index < -0.39 is 0 Å². The lowest BCUT2D eigenvalue weighted by molar-refractivity contribution is 0.0668. The highest BCUT2D eigenvalue weighted by Gasteiger charge is 2.30. The number of carbonyl (C=O) groups is 1. The number of piperidine rings is 1. The van der Waals surface area contributed by atoms with E-state index in [0.717, 1.165) is 38.4 Å². The number of rotatable bonds is 2. The summed E-state index contributed by atoms with van der Waals surface area (Å²) >= 11 is 0. The van der Waals surface area contributed by atoms with Gasteiger partial charge in [-0.25, -0.2) is 0 Å². The number of likely N-dealkylation sites (tertiary alicyclic amines) is 1. The molecule has 2 saturated heterocycles. The molecule has 2 aliphatic heterocycles. The summed E-state index contributed by atoms with van der Waals surface area (Å²) in [6, 6.07) is 6.20. The van der Waals surface area contributed by atoms with Crippen LogP contribution in [0.2, 0.25) is 0 Å². The Morgan fingerprint density at radius 3 is 2.74 bits per heavy atom. The molecule has 0 bridgehead atoms. The van der Waals surface area contributed by atoms with Crippen molar-refractivity contribution in [3.63, 3.8) is 0 Å². The number of nitrogens with one attached hydrogen (secondary N) is 1. The Morgan fingerprint density at radius 1 is 1.26 bits per heavy atom. The van der Waals surface area contributed by atoms with Crippen LogP contribution in [-0.2, 0) is 0 Å². The second-order valence-corrected chi connectivity index (χ2v) is 5.55. The van der Waals surface area contributed by atoms with Crippen molar-refractivity contribution in [2.75, 3.05) is 19.6 Å². The maximum atomic E-state index is 12.3. The third-order valence-electron chi connectivity index (χ3n) is 4.38. The van der Waals surface area contributed by atoms with Crippen molar-refractivity contribution in [3.8, 4) is 0 Å². The van der Waals surface area contributed by atoms with Crippen molar-refractivity contribution < 1.29 is 4.79 Å². The van der Waals surface area contributed by atoms with Gasteiger partial charge in [-0.15, -0.1) is 0 Å². The SMILES string of the molecule is O=C(c1ccccn1)N1CCC(C2CCCN2)CC1. The highest BCUT2D eigenvalue weighted by Crippen LogP contribution is 2.26. The summed E-state index contributed by atoms with van der Waals surface area (Å²) in [5, 5.41) is 3.59.